The highest BCUT2D eigenvalue weighted by atomic mass is 19.3. The maximum absolute atomic E-state index is 12.3. The minimum atomic E-state index is -3.24. The summed E-state index contributed by atoms with van der Waals surface area (Å²) >= 11 is 0. The van der Waals surface area contributed by atoms with Gasteiger partial charge in [0.2, 0.25) is 0 Å². The van der Waals surface area contributed by atoms with Crippen LogP contribution < -0.4 is 11.1 Å². The molecule has 78 valence electrons. The van der Waals surface area contributed by atoms with Crippen LogP contribution in [0.4, 0.5) is 8.78 Å². The van der Waals surface area contributed by atoms with Crippen LogP contribution in [0, 0.1) is 0 Å². The third-order valence-electron chi connectivity index (χ3n) is 1.30. The Kier molecular flexibility index (Phi) is 4.74. The Hall–Kier alpha value is -0.790. The van der Waals surface area contributed by atoms with Crippen molar-refractivity contribution in [3.63, 3.8) is 0 Å². The van der Waals surface area contributed by atoms with Crippen LogP contribution in [0.15, 0.2) is 0 Å². The van der Waals surface area contributed by atoms with Gasteiger partial charge in [-0.3, -0.25) is 4.79 Å². The lowest BCUT2D eigenvalue weighted by Crippen LogP contribution is -2.44. The van der Waals surface area contributed by atoms with Gasteiger partial charge in [-0.05, 0) is 0 Å². The maximum Gasteiger partial charge on any atom is 0.321 e. The average molecular weight is 198 g/mol. The first-order valence-electron chi connectivity index (χ1n) is 3.57. The van der Waals surface area contributed by atoms with Crippen molar-refractivity contribution in [2.24, 2.45) is 5.73 Å². The molecule has 0 aliphatic heterocycles. The second-order valence-corrected chi connectivity index (χ2v) is 2.59. The molecule has 0 saturated carbocycles. The largest absolute Gasteiger partial charge is 0.480 e. The molecule has 0 radical (unpaired) electrons. The molecule has 0 bridgehead atoms. The van der Waals surface area contributed by atoms with Gasteiger partial charge in [-0.2, -0.15) is 0 Å². The van der Waals surface area contributed by atoms with Crippen LogP contribution in [0.2, 0.25) is 0 Å². The van der Waals surface area contributed by atoms with Crippen LogP contribution in [0.25, 0.3) is 0 Å². The number of aliphatic carboxylic acids is 1. The van der Waals surface area contributed by atoms with E-state index in [1.165, 1.54) is 0 Å². The topological polar surface area (TPSA) is 95.6 Å². The number of hydrogen-bond donors (Lipinski definition) is 4. The number of nitrogens with two attached hydrogens (primary N) is 1. The number of rotatable bonds is 6. The first-order valence-corrected chi connectivity index (χ1v) is 3.57. The number of aliphatic hydroxyl groups is 1. The second-order valence-electron chi connectivity index (χ2n) is 2.59. The molecule has 1 unspecified atom stereocenters. The predicted octanol–water partition coefficient (Wildman–Crippen LogP) is -1.38. The average Bonchev–Trinajstić information content (AvgIpc) is 2.04. The number of carboxylic acid groups (broad SMARTS) is 1. The van der Waals surface area contributed by atoms with Gasteiger partial charge in [0.25, 0.3) is 5.92 Å². The highest BCUT2D eigenvalue weighted by Crippen LogP contribution is 2.09. The lowest BCUT2D eigenvalue weighted by Gasteiger charge is -2.14. The highest BCUT2D eigenvalue weighted by molar-refractivity contribution is 5.73. The van der Waals surface area contributed by atoms with Crippen molar-refractivity contribution < 1.29 is 23.8 Å². The molecule has 0 fully saturated rings. The number of hydrogen-bond acceptors (Lipinski definition) is 4. The van der Waals surface area contributed by atoms with Crippen LogP contribution in [0.3, 0.4) is 0 Å². The molecule has 0 aliphatic carbocycles. The molecule has 1 atom stereocenters. The third-order valence-corrected chi connectivity index (χ3v) is 1.30. The van der Waals surface area contributed by atoms with E-state index in [9.17, 15) is 13.6 Å². The number of carboxylic acids is 1. The Balaban J connectivity index is 3.62. The Morgan fingerprint density at radius 2 is 2.15 bits per heavy atom. The number of halogens is 2. The van der Waals surface area contributed by atoms with E-state index in [-0.39, 0.29) is 6.54 Å². The quantitative estimate of drug-likeness (QED) is 0.421. The summed E-state index contributed by atoms with van der Waals surface area (Å²) in [5, 5.41) is 18.5. The van der Waals surface area contributed by atoms with Crippen molar-refractivity contribution in [3.05, 3.63) is 0 Å². The molecule has 0 aromatic carbocycles. The Morgan fingerprint density at radius 3 is 2.54 bits per heavy atom. The van der Waals surface area contributed by atoms with Crippen LogP contribution in [0.5, 0.6) is 0 Å². The normalized spacial score (nSPS) is 14.2. The smallest absolute Gasteiger partial charge is 0.321 e. The van der Waals surface area contributed by atoms with Crippen molar-refractivity contribution in [2.45, 2.75) is 12.0 Å². The first kappa shape index (κ1) is 12.2. The number of carbonyl (C=O) groups is 1. The lowest BCUT2D eigenvalue weighted by molar-refractivity contribution is -0.138. The van der Waals surface area contributed by atoms with E-state index in [1.54, 1.807) is 0 Å². The summed E-state index contributed by atoms with van der Waals surface area (Å²) < 4.78 is 24.6. The van der Waals surface area contributed by atoms with Gasteiger partial charge in [0.15, 0.2) is 0 Å². The first-order chi connectivity index (χ1) is 5.89. The molecular formula is C6H12F2N2O3. The molecule has 5 N–H and O–H groups in total. The van der Waals surface area contributed by atoms with E-state index in [4.69, 9.17) is 15.9 Å². The monoisotopic (exact) mass is 198 g/mol. The summed E-state index contributed by atoms with van der Waals surface area (Å²) in [6.45, 7) is -2.32. The Morgan fingerprint density at radius 1 is 1.62 bits per heavy atom. The molecule has 7 heteroatoms. The fraction of sp³-hybridized carbons (Fsp3) is 0.833. The molecule has 0 heterocycles. The minimum absolute atomic E-state index is 0.259. The van der Waals surface area contributed by atoms with Gasteiger partial charge >= 0.3 is 5.97 Å². The number of nitrogens with one attached hydrogen (secondary N) is 1. The fourth-order valence-electron chi connectivity index (χ4n) is 0.554. The lowest BCUT2D eigenvalue weighted by atomic mass is 10.3. The fourth-order valence-corrected chi connectivity index (χ4v) is 0.554. The van der Waals surface area contributed by atoms with Crippen molar-refractivity contribution in [2.75, 3.05) is 19.7 Å². The van der Waals surface area contributed by atoms with Crippen LogP contribution in [-0.2, 0) is 4.79 Å². The minimum Gasteiger partial charge on any atom is -0.480 e. The molecule has 5 nitrogen and oxygen atoms in total. The van der Waals surface area contributed by atoms with Crippen molar-refractivity contribution in [1.82, 2.24) is 5.32 Å². The highest BCUT2D eigenvalue weighted by Gasteiger charge is 2.27. The van der Waals surface area contributed by atoms with E-state index in [0.717, 1.165) is 0 Å². The maximum atomic E-state index is 12.3. The van der Waals surface area contributed by atoms with Crippen molar-refractivity contribution in [1.29, 1.82) is 0 Å². The van der Waals surface area contributed by atoms with Gasteiger partial charge in [0, 0.05) is 6.54 Å². The van der Waals surface area contributed by atoms with Crippen LogP contribution in [-0.4, -0.2) is 47.8 Å². The summed E-state index contributed by atoms with van der Waals surface area (Å²) in [5.41, 5.74) is 5.02. The zero-order valence-corrected chi connectivity index (χ0v) is 6.83. The van der Waals surface area contributed by atoms with Gasteiger partial charge in [0.05, 0.1) is 6.54 Å². The van der Waals surface area contributed by atoms with Gasteiger partial charge in [-0.25, -0.2) is 8.78 Å². The number of aliphatic hydroxyl groups excluding tert-OH is 1. The van der Waals surface area contributed by atoms with Crippen molar-refractivity contribution >= 4 is 5.97 Å². The van der Waals surface area contributed by atoms with Gasteiger partial charge < -0.3 is 21.3 Å². The molecule has 0 aromatic rings. The van der Waals surface area contributed by atoms with Gasteiger partial charge in [-0.1, -0.05) is 0 Å². The van der Waals surface area contributed by atoms with Gasteiger partial charge in [-0.15, -0.1) is 0 Å². The van der Waals surface area contributed by atoms with Crippen LogP contribution >= 0.6 is 0 Å². The Labute approximate surface area is 73.5 Å². The van der Waals surface area contributed by atoms with E-state index in [0.29, 0.717) is 0 Å². The molecule has 0 amide bonds. The van der Waals surface area contributed by atoms with Crippen molar-refractivity contribution in [3.8, 4) is 0 Å². The number of alkyl halides is 2. The molecule has 0 aromatic heterocycles. The molecule has 0 aliphatic rings. The van der Waals surface area contributed by atoms with E-state index < -0.39 is 31.1 Å². The molecular weight excluding hydrogens is 186 g/mol. The van der Waals surface area contributed by atoms with Crippen LogP contribution in [0.1, 0.15) is 0 Å². The second kappa shape index (κ2) is 5.05. The zero-order valence-electron chi connectivity index (χ0n) is 6.83. The third kappa shape index (κ3) is 5.45. The summed E-state index contributed by atoms with van der Waals surface area (Å²) in [6.07, 6.45) is 0. The van der Waals surface area contributed by atoms with Gasteiger partial charge in [0.1, 0.15) is 12.6 Å². The summed E-state index contributed by atoms with van der Waals surface area (Å²) in [6, 6.07) is -1.21. The molecule has 0 saturated heterocycles. The van der Waals surface area contributed by atoms with E-state index in [1.807, 2.05) is 0 Å². The zero-order chi connectivity index (χ0) is 10.5. The molecule has 0 spiro atoms. The standard InChI is InChI=1S/C6H12F2N2O3/c7-6(8,3-11)2-10-1-4(9)5(12)13/h4,10-11H,1-3,9H2,(H,12,13). The Bertz CT molecular complexity index is 177. The summed E-state index contributed by atoms with van der Waals surface area (Å²) in [7, 11) is 0. The molecule has 0 rings (SSSR count). The van der Waals surface area contributed by atoms with E-state index >= 15 is 0 Å². The molecule has 13 heavy (non-hydrogen) atoms. The summed E-state index contributed by atoms with van der Waals surface area (Å²) in [5.74, 6) is -4.50. The SMILES string of the molecule is NC(CNCC(F)(F)CO)C(=O)O. The van der Waals surface area contributed by atoms with E-state index in [2.05, 4.69) is 5.32 Å². The summed E-state index contributed by atoms with van der Waals surface area (Å²) in [4.78, 5) is 10.1. The predicted molar refractivity (Wildman–Crippen MR) is 40.5 cm³/mol.